The molecule has 3 heteroatoms. The van der Waals surface area contributed by atoms with Crippen LogP contribution in [0.1, 0.15) is 16.6 Å². The third kappa shape index (κ3) is 1.68. The van der Waals surface area contributed by atoms with E-state index in [0.717, 1.165) is 15.1 Å². The van der Waals surface area contributed by atoms with Gasteiger partial charge in [-0.1, -0.05) is 30.3 Å². The van der Waals surface area contributed by atoms with Gasteiger partial charge >= 0.3 is 0 Å². The molecule has 2 aromatic heterocycles. The first-order valence-corrected chi connectivity index (χ1v) is 6.64. The summed E-state index contributed by atoms with van der Waals surface area (Å²) in [5.74, 6) is 0.137. The second-order valence-electron chi connectivity index (χ2n) is 4.38. The summed E-state index contributed by atoms with van der Waals surface area (Å²) in [5, 5.41) is 1.14. The molecule has 0 saturated carbocycles. The van der Waals surface area contributed by atoms with Gasteiger partial charge in [-0.2, -0.15) is 0 Å². The normalized spacial score (nSPS) is 11.0. The van der Waals surface area contributed by atoms with E-state index in [1.807, 2.05) is 31.3 Å². The third-order valence-corrected chi connectivity index (χ3v) is 4.44. The quantitative estimate of drug-likeness (QED) is 0.632. The van der Waals surface area contributed by atoms with Gasteiger partial charge in [0, 0.05) is 18.1 Å². The Morgan fingerprint density at radius 2 is 1.89 bits per heavy atom. The lowest BCUT2D eigenvalue weighted by molar-refractivity contribution is 0.102. The Bertz CT molecular complexity index is 722. The number of carbonyl (C=O) groups excluding carboxylic acids is 1. The summed E-state index contributed by atoms with van der Waals surface area (Å²) in [7, 11) is 2.05. The summed E-state index contributed by atoms with van der Waals surface area (Å²) in [6.45, 7) is 1.61. The molecule has 18 heavy (non-hydrogen) atoms. The maximum absolute atomic E-state index is 11.4. The fourth-order valence-electron chi connectivity index (χ4n) is 2.17. The molecular weight excluding hydrogens is 242 g/mol. The van der Waals surface area contributed by atoms with Crippen molar-refractivity contribution in [3.63, 3.8) is 0 Å². The molecule has 0 spiro atoms. The van der Waals surface area contributed by atoms with Gasteiger partial charge in [0.1, 0.15) is 4.83 Å². The zero-order valence-electron chi connectivity index (χ0n) is 10.3. The van der Waals surface area contributed by atoms with E-state index in [-0.39, 0.29) is 5.78 Å². The summed E-state index contributed by atoms with van der Waals surface area (Å²) in [4.78, 5) is 13.4. The van der Waals surface area contributed by atoms with Gasteiger partial charge < -0.3 is 4.57 Å². The first-order chi connectivity index (χ1) is 8.66. The summed E-state index contributed by atoms with van der Waals surface area (Å²) in [6.07, 6.45) is 0. The smallest absolute Gasteiger partial charge is 0.169 e. The molecule has 0 atom stereocenters. The zero-order chi connectivity index (χ0) is 12.7. The van der Waals surface area contributed by atoms with Crippen molar-refractivity contribution in [2.24, 2.45) is 7.05 Å². The van der Waals surface area contributed by atoms with Gasteiger partial charge in [-0.25, -0.2) is 0 Å². The second kappa shape index (κ2) is 4.10. The van der Waals surface area contributed by atoms with Crippen molar-refractivity contribution in [1.29, 1.82) is 0 Å². The Kier molecular flexibility index (Phi) is 2.56. The van der Waals surface area contributed by atoms with Crippen molar-refractivity contribution in [3.05, 3.63) is 47.3 Å². The summed E-state index contributed by atoms with van der Waals surface area (Å²) < 4.78 is 2.15. The summed E-state index contributed by atoms with van der Waals surface area (Å²) in [6, 6.07) is 14.4. The Morgan fingerprint density at radius 1 is 1.17 bits per heavy atom. The van der Waals surface area contributed by atoms with Crippen molar-refractivity contribution in [3.8, 4) is 11.3 Å². The molecule has 0 aliphatic heterocycles. The number of aryl methyl sites for hydroxylation is 1. The topological polar surface area (TPSA) is 22.0 Å². The van der Waals surface area contributed by atoms with Crippen molar-refractivity contribution in [1.82, 2.24) is 4.57 Å². The molecular formula is C15H13NOS. The lowest BCUT2D eigenvalue weighted by Gasteiger charge is -2.03. The number of carbonyl (C=O) groups is 1. The monoisotopic (exact) mass is 255 g/mol. The molecule has 3 aromatic rings. The van der Waals surface area contributed by atoms with Crippen LogP contribution in [0, 0.1) is 0 Å². The molecule has 0 fully saturated rings. The zero-order valence-corrected chi connectivity index (χ0v) is 11.1. The Morgan fingerprint density at radius 3 is 2.50 bits per heavy atom. The Hall–Kier alpha value is -1.87. The van der Waals surface area contributed by atoms with Gasteiger partial charge in [-0.05, 0) is 24.6 Å². The van der Waals surface area contributed by atoms with Crippen LogP contribution in [0.15, 0.2) is 42.5 Å². The number of thiophene rings is 1. The van der Waals surface area contributed by atoms with Crippen LogP contribution in [0.3, 0.4) is 0 Å². The van der Waals surface area contributed by atoms with E-state index >= 15 is 0 Å². The summed E-state index contributed by atoms with van der Waals surface area (Å²) >= 11 is 1.56. The van der Waals surface area contributed by atoms with Crippen molar-refractivity contribution < 1.29 is 4.79 Å². The Balaban J connectivity index is 2.19. The molecule has 0 N–H and O–H groups in total. The van der Waals surface area contributed by atoms with Gasteiger partial charge in [0.25, 0.3) is 0 Å². The molecule has 0 saturated heterocycles. The average molecular weight is 255 g/mol. The number of nitrogens with zero attached hydrogens (tertiary/aromatic N) is 1. The van der Waals surface area contributed by atoms with Gasteiger partial charge in [-0.3, -0.25) is 4.79 Å². The fraction of sp³-hybridized carbons (Fsp3) is 0.133. The van der Waals surface area contributed by atoms with E-state index in [1.54, 1.807) is 18.3 Å². The molecule has 0 unspecified atom stereocenters. The highest BCUT2D eigenvalue weighted by molar-refractivity contribution is 7.20. The first kappa shape index (κ1) is 11.2. The van der Waals surface area contributed by atoms with Crippen LogP contribution < -0.4 is 0 Å². The van der Waals surface area contributed by atoms with Crippen molar-refractivity contribution in [2.45, 2.75) is 6.92 Å². The number of hydrogen-bond donors (Lipinski definition) is 0. The number of ketones is 1. The van der Waals surface area contributed by atoms with Crippen LogP contribution in [0.5, 0.6) is 0 Å². The van der Waals surface area contributed by atoms with Crippen LogP contribution in [0.2, 0.25) is 0 Å². The molecule has 0 bridgehead atoms. The average Bonchev–Trinajstić information content (AvgIpc) is 2.91. The molecule has 3 rings (SSSR count). The molecule has 0 radical (unpaired) electrons. The van der Waals surface area contributed by atoms with E-state index in [2.05, 4.69) is 22.8 Å². The van der Waals surface area contributed by atoms with Crippen LogP contribution in [-0.4, -0.2) is 10.4 Å². The molecule has 0 aliphatic carbocycles. The highest BCUT2D eigenvalue weighted by Crippen LogP contribution is 2.32. The molecule has 90 valence electrons. The molecule has 2 heterocycles. The number of benzene rings is 1. The molecule has 0 aliphatic rings. The number of aromatic nitrogens is 1. The predicted octanol–water partition coefficient (Wildman–Crippen LogP) is 4.11. The summed E-state index contributed by atoms with van der Waals surface area (Å²) in [5.41, 5.74) is 2.39. The molecule has 2 nitrogen and oxygen atoms in total. The van der Waals surface area contributed by atoms with Crippen LogP contribution in [0.25, 0.3) is 21.5 Å². The number of Topliss-reactive ketones (excluding diaryl/α,β-unsaturated/α-hetero) is 1. The van der Waals surface area contributed by atoms with Crippen LogP contribution in [-0.2, 0) is 7.05 Å². The minimum Gasteiger partial charge on any atom is -0.335 e. The van der Waals surface area contributed by atoms with Crippen LogP contribution >= 0.6 is 11.3 Å². The lowest BCUT2D eigenvalue weighted by atomic mass is 10.1. The van der Waals surface area contributed by atoms with Gasteiger partial charge in [0.05, 0.1) is 4.88 Å². The van der Waals surface area contributed by atoms with E-state index in [9.17, 15) is 4.79 Å². The van der Waals surface area contributed by atoms with Gasteiger partial charge in [0.2, 0.25) is 0 Å². The van der Waals surface area contributed by atoms with Crippen LogP contribution in [0.4, 0.5) is 0 Å². The highest BCUT2D eigenvalue weighted by atomic mass is 32.1. The van der Waals surface area contributed by atoms with E-state index in [1.165, 1.54) is 11.3 Å². The number of rotatable bonds is 2. The Labute approximate surface area is 109 Å². The van der Waals surface area contributed by atoms with Crippen molar-refractivity contribution >= 4 is 27.3 Å². The maximum Gasteiger partial charge on any atom is 0.169 e. The second-order valence-corrected chi connectivity index (χ2v) is 5.41. The molecule has 1 aromatic carbocycles. The van der Waals surface area contributed by atoms with E-state index < -0.39 is 0 Å². The van der Waals surface area contributed by atoms with Gasteiger partial charge in [-0.15, -0.1) is 11.3 Å². The minimum atomic E-state index is 0.137. The predicted molar refractivity (Wildman–Crippen MR) is 76.2 cm³/mol. The van der Waals surface area contributed by atoms with Gasteiger partial charge in [0.15, 0.2) is 5.78 Å². The standard InChI is InChI=1S/C15H13NOS/c1-10(17)14-9-12-8-13(16(2)15(12)18-14)11-6-4-3-5-7-11/h3-9H,1-2H3. The number of hydrogen-bond acceptors (Lipinski definition) is 2. The first-order valence-electron chi connectivity index (χ1n) is 5.82. The lowest BCUT2D eigenvalue weighted by Crippen LogP contribution is -1.90. The van der Waals surface area contributed by atoms with E-state index in [0.29, 0.717) is 0 Å². The maximum atomic E-state index is 11.4. The fourth-order valence-corrected chi connectivity index (χ4v) is 3.18. The minimum absolute atomic E-state index is 0.137. The largest absolute Gasteiger partial charge is 0.335 e. The third-order valence-electron chi connectivity index (χ3n) is 3.11. The van der Waals surface area contributed by atoms with Crippen molar-refractivity contribution in [2.75, 3.05) is 0 Å². The molecule has 0 amide bonds. The van der Waals surface area contributed by atoms with E-state index in [4.69, 9.17) is 0 Å². The highest BCUT2D eigenvalue weighted by Gasteiger charge is 2.12. The SMILES string of the molecule is CC(=O)c1cc2cc(-c3ccccc3)n(C)c2s1. The number of fused-ring (bicyclic) bond motifs is 1.